The van der Waals surface area contributed by atoms with Crippen molar-refractivity contribution in [2.75, 3.05) is 0 Å². The number of aliphatic hydroxyl groups excluding tert-OH is 1. The van der Waals surface area contributed by atoms with Crippen LogP contribution in [-0.2, 0) is 6.42 Å². The lowest BCUT2D eigenvalue weighted by atomic mass is 10.1. The first-order chi connectivity index (χ1) is 5.58. The van der Waals surface area contributed by atoms with Gasteiger partial charge in [0.2, 0.25) is 0 Å². The molecule has 1 aromatic rings. The zero-order valence-electron chi connectivity index (χ0n) is 6.72. The molecule has 0 saturated carbocycles. The molecule has 1 nitrogen and oxygen atoms in total. The van der Waals surface area contributed by atoms with E-state index in [2.05, 4.69) is 0 Å². The third kappa shape index (κ3) is 2.80. The molecule has 0 fully saturated rings. The molecule has 0 bridgehead atoms. The lowest BCUT2D eigenvalue weighted by Gasteiger charge is -2.04. The summed E-state index contributed by atoms with van der Waals surface area (Å²) < 4.78 is 12.7. The lowest BCUT2D eigenvalue weighted by molar-refractivity contribution is 0.195. The lowest BCUT2D eigenvalue weighted by Crippen LogP contribution is -2.04. The molecule has 0 heterocycles. The van der Waals surface area contributed by atoms with Gasteiger partial charge in [-0.2, -0.15) is 0 Å². The van der Waals surface area contributed by atoms with Gasteiger partial charge < -0.3 is 5.11 Å². The first-order valence-electron chi connectivity index (χ1n) is 3.71. The highest BCUT2D eigenvalue weighted by Crippen LogP contribution is 2.15. The van der Waals surface area contributed by atoms with E-state index in [-0.39, 0.29) is 5.82 Å². The van der Waals surface area contributed by atoms with Crippen LogP contribution in [0, 0.1) is 5.82 Å². The van der Waals surface area contributed by atoms with E-state index in [0.29, 0.717) is 11.4 Å². The minimum atomic E-state index is -0.470. The van der Waals surface area contributed by atoms with Crippen LogP contribution in [0.2, 0.25) is 5.02 Å². The second kappa shape index (κ2) is 3.87. The Morgan fingerprint density at radius 1 is 1.50 bits per heavy atom. The van der Waals surface area contributed by atoms with Gasteiger partial charge in [-0.25, -0.2) is 4.39 Å². The van der Waals surface area contributed by atoms with Crippen LogP contribution >= 0.6 is 11.6 Å². The van der Waals surface area contributed by atoms with Crippen LogP contribution in [-0.4, -0.2) is 11.2 Å². The zero-order valence-corrected chi connectivity index (χ0v) is 7.48. The molecule has 1 rings (SSSR count). The Labute approximate surface area is 75.8 Å². The van der Waals surface area contributed by atoms with Gasteiger partial charge in [0, 0.05) is 5.02 Å². The minimum Gasteiger partial charge on any atom is -0.393 e. The monoisotopic (exact) mass is 188 g/mol. The largest absolute Gasteiger partial charge is 0.393 e. The van der Waals surface area contributed by atoms with Crippen molar-refractivity contribution >= 4 is 11.6 Å². The van der Waals surface area contributed by atoms with E-state index in [9.17, 15) is 4.39 Å². The smallest absolute Gasteiger partial charge is 0.124 e. The molecule has 3 heteroatoms. The molecule has 0 unspecified atom stereocenters. The number of hydrogen-bond acceptors (Lipinski definition) is 1. The van der Waals surface area contributed by atoms with Gasteiger partial charge in [0.1, 0.15) is 5.82 Å². The summed E-state index contributed by atoms with van der Waals surface area (Å²) in [5, 5.41) is 9.39. The molecule has 0 amide bonds. The van der Waals surface area contributed by atoms with Crippen molar-refractivity contribution in [1.29, 1.82) is 0 Å². The molecule has 0 radical (unpaired) electrons. The van der Waals surface area contributed by atoms with Crippen molar-refractivity contribution in [3.8, 4) is 0 Å². The average molecular weight is 189 g/mol. The van der Waals surface area contributed by atoms with Crippen LogP contribution in [0.25, 0.3) is 0 Å². The Bertz CT molecular complexity index is 253. The zero-order chi connectivity index (χ0) is 9.14. The molecule has 0 aliphatic heterocycles. The summed E-state index contributed by atoms with van der Waals surface area (Å²) in [4.78, 5) is 0. The Kier molecular flexibility index (Phi) is 3.06. The molecule has 1 N–H and O–H groups in total. The molecule has 0 aromatic heterocycles. The fraction of sp³-hybridized carbons (Fsp3) is 0.333. The first-order valence-corrected chi connectivity index (χ1v) is 4.09. The summed E-state index contributed by atoms with van der Waals surface area (Å²) in [5.74, 6) is -0.363. The quantitative estimate of drug-likeness (QED) is 0.756. The van der Waals surface area contributed by atoms with Gasteiger partial charge in [-0.05, 0) is 37.1 Å². The van der Waals surface area contributed by atoms with Crippen LogP contribution < -0.4 is 0 Å². The molecule has 1 atom stereocenters. The molecule has 12 heavy (non-hydrogen) atoms. The van der Waals surface area contributed by atoms with Crippen LogP contribution in [0.15, 0.2) is 18.2 Å². The van der Waals surface area contributed by atoms with Crippen molar-refractivity contribution in [3.63, 3.8) is 0 Å². The predicted octanol–water partition coefficient (Wildman–Crippen LogP) is 2.40. The van der Waals surface area contributed by atoms with Crippen molar-refractivity contribution in [2.24, 2.45) is 0 Å². The topological polar surface area (TPSA) is 20.2 Å². The van der Waals surface area contributed by atoms with E-state index in [1.54, 1.807) is 13.0 Å². The Morgan fingerprint density at radius 3 is 2.67 bits per heavy atom. The van der Waals surface area contributed by atoms with Gasteiger partial charge >= 0.3 is 0 Å². The second-order valence-electron chi connectivity index (χ2n) is 2.83. The van der Waals surface area contributed by atoms with Crippen LogP contribution in [0.4, 0.5) is 4.39 Å². The van der Waals surface area contributed by atoms with Gasteiger partial charge in [0.15, 0.2) is 0 Å². The van der Waals surface area contributed by atoms with Crippen molar-refractivity contribution < 1.29 is 9.50 Å². The average Bonchev–Trinajstić information content (AvgIpc) is 1.81. The standard InChI is InChI=1S/C9H10ClFO/c1-6(12)2-7-3-8(10)5-9(11)4-7/h3-6,12H,2H2,1H3/t6-/m0/s1. The SMILES string of the molecule is C[C@H](O)Cc1cc(F)cc(Cl)c1. The van der Waals surface area contributed by atoms with Crippen LogP contribution in [0.1, 0.15) is 12.5 Å². The van der Waals surface area contributed by atoms with Crippen molar-refractivity contribution in [3.05, 3.63) is 34.6 Å². The summed E-state index contributed by atoms with van der Waals surface area (Å²) in [6, 6.07) is 4.27. The van der Waals surface area contributed by atoms with E-state index in [1.807, 2.05) is 0 Å². The molecule has 0 spiro atoms. The first kappa shape index (κ1) is 9.49. The number of rotatable bonds is 2. The highest BCUT2D eigenvalue weighted by molar-refractivity contribution is 6.30. The maximum Gasteiger partial charge on any atom is 0.124 e. The summed E-state index contributed by atoms with van der Waals surface area (Å²) in [7, 11) is 0. The summed E-state index contributed by atoms with van der Waals surface area (Å²) >= 11 is 5.61. The molecule has 66 valence electrons. The third-order valence-corrected chi connectivity index (χ3v) is 1.67. The van der Waals surface area contributed by atoms with Crippen molar-refractivity contribution in [2.45, 2.75) is 19.4 Å². The summed E-state index contributed by atoms with van der Waals surface area (Å²) in [5.41, 5.74) is 0.718. The van der Waals surface area contributed by atoms with E-state index in [4.69, 9.17) is 16.7 Å². The van der Waals surface area contributed by atoms with Gasteiger partial charge in [-0.1, -0.05) is 11.6 Å². The molecule has 0 aliphatic carbocycles. The highest BCUT2D eigenvalue weighted by atomic mass is 35.5. The molecule has 0 saturated heterocycles. The van der Waals surface area contributed by atoms with Crippen LogP contribution in [0.3, 0.4) is 0 Å². The van der Waals surface area contributed by atoms with E-state index < -0.39 is 6.10 Å². The van der Waals surface area contributed by atoms with Gasteiger partial charge in [0.25, 0.3) is 0 Å². The van der Waals surface area contributed by atoms with Crippen molar-refractivity contribution in [1.82, 2.24) is 0 Å². The number of halogens is 2. The predicted molar refractivity (Wildman–Crippen MR) is 46.8 cm³/mol. The molecular formula is C9H10ClFO. The fourth-order valence-corrected chi connectivity index (χ4v) is 1.31. The summed E-state index contributed by atoms with van der Waals surface area (Å²) in [6.07, 6.45) is -0.0415. The normalized spacial score (nSPS) is 13.0. The fourth-order valence-electron chi connectivity index (χ4n) is 1.07. The number of hydrogen-bond donors (Lipinski definition) is 1. The Balaban J connectivity index is 2.85. The van der Waals surface area contributed by atoms with E-state index in [0.717, 1.165) is 5.56 Å². The van der Waals surface area contributed by atoms with Gasteiger partial charge in [0.05, 0.1) is 6.10 Å². The van der Waals surface area contributed by atoms with Crippen LogP contribution in [0.5, 0.6) is 0 Å². The number of benzene rings is 1. The van der Waals surface area contributed by atoms with E-state index >= 15 is 0 Å². The summed E-state index contributed by atoms with van der Waals surface area (Å²) in [6.45, 7) is 1.65. The minimum absolute atomic E-state index is 0.363. The molecule has 0 aliphatic rings. The maximum atomic E-state index is 12.7. The molecule has 1 aromatic carbocycles. The molecular weight excluding hydrogens is 179 g/mol. The third-order valence-electron chi connectivity index (χ3n) is 1.45. The van der Waals surface area contributed by atoms with Gasteiger partial charge in [-0.3, -0.25) is 0 Å². The maximum absolute atomic E-state index is 12.7. The van der Waals surface area contributed by atoms with Gasteiger partial charge in [-0.15, -0.1) is 0 Å². The number of aliphatic hydroxyl groups is 1. The Morgan fingerprint density at radius 2 is 2.17 bits per heavy atom. The Hall–Kier alpha value is -0.600. The highest BCUT2D eigenvalue weighted by Gasteiger charge is 2.02. The van der Waals surface area contributed by atoms with E-state index in [1.165, 1.54) is 12.1 Å². The second-order valence-corrected chi connectivity index (χ2v) is 3.27.